The van der Waals surface area contributed by atoms with Crippen LogP contribution in [0.5, 0.6) is 0 Å². The Bertz CT molecular complexity index is 1270. The zero-order valence-corrected chi connectivity index (χ0v) is 25.0. The highest BCUT2D eigenvalue weighted by Gasteiger charge is 2.38. The predicted octanol–water partition coefficient (Wildman–Crippen LogP) is 5.11. The summed E-state index contributed by atoms with van der Waals surface area (Å²) < 4.78 is 37.9. The number of carboxylic acids is 1. The number of thiophene rings is 1. The summed E-state index contributed by atoms with van der Waals surface area (Å²) in [5.74, 6) is -3.36. The van der Waals surface area contributed by atoms with Gasteiger partial charge in [0.2, 0.25) is 5.91 Å². The Morgan fingerprint density at radius 1 is 1.10 bits per heavy atom. The molecule has 1 aliphatic heterocycles. The second-order valence-electron chi connectivity index (χ2n) is 11.2. The Kier molecular flexibility index (Phi) is 11.5. The van der Waals surface area contributed by atoms with Crippen LogP contribution in [0.3, 0.4) is 0 Å². The third-order valence-electron chi connectivity index (χ3n) is 6.25. The van der Waals surface area contributed by atoms with Crippen molar-refractivity contribution >= 4 is 46.6 Å². The van der Waals surface area contributed by atoms with Gasteiger partial charge in [-0.15, -0.1) is 11.3 Å². The van der Waals surface area contributed by atoms with Crippen molar-refractivity contribution in [2.75, 3.05) is 20.1 Å². The molecule has 1 aromatic heterocycles. The average molecular weight is 620 g/mol. The summed E-state index contributed by atoms with van der Waals surface area (Å²) in [6.45, 7) is 8.07. The highest BCUT2D eigenvalue weighted by molar-refractivity contribution is 7.12. The van der Waals surface area contributed by atoms with Gasteiger partial charge in [-0.25, -0.2) is 4.79 Å². The van der Waals surface area contributed by atoms with E-state index in [4.69, 9.17) is 32.0 Å². The minimum atomic E-state index is -5.08. The number of alkyl halides is 3. The van der Waals surface area contributed by atoms with Crippen molar-refractivity contribution in [3.05, 3.63) is 55.7 Å². The molecule has 41 heavy (non-hydrogen) atoms. The molecule has 0 bridgehead atoms. The van der Waals surface area contributed by atoms with Crippen LogP contribution in [-0.4, -0.2) is 65.1 Å². The number of quaternary nitrogens is 1. The number of primary amides is 1. The first-order valence-corrected chi connectivity index (χ1v) is 14.0. The van der Waals surface area contributed by atoms with E-state index < -0.39 is 23.7 Å². The van der Waals surface area contributed by atoms with Gasteiger partial charge < -0.3 is 20.1 Å². The fourth-order valence-corrected chi connectivity index (χ4v) is 6.13. The summed E-state index contributed by atoms with van der Waals surface area (Å²) >= 11 is 7.46. The van der Waals surface area contributed by atoms with Crippen LogP contribution in [0.25, 0.3) is 0 Å². The molecule has 2 heterocycles. The van der Waals surface area contributed by atoms with Crippen molar-refractivity contribution in [3.63, 3.8) is 0 Å². The molecular weight excluding hydrogens is 585 g/mol. The number of likely N-dealkylation sites (N-methyl/N-ethyl adjacent to an activating group) is 1. The van der Waals surface area contributed by atoms with E-state index in [0.29, 0.717) is 17.0 Å². The monoisotopic (exact) mass is 619 g/mol. The number of nitrogens with zero attached hydrogens (tertiary/aromatic N) is 1. The fraction of sp³-hybridized carbons (Fsp3) is 0.500. The molecule has 2 aromatic rings. The maximum Gasteiger partial charge on any atom is 0.490 e. The molecule has 1 unspecified atom stereocenters. The molecule has 0 fully saturated rings. The van der Waals surface area contributed by atoms with Gasteiger partial charge >= 0.3 is 18.1 Å². The first-order chi connectivity index (χ1) is 18.8. The lowest BCUT2D eigenvalue weighted by molar-refractivity contribution is -0.924. The number of Topliss-reactive ketones (excluding diaryl/α,β-unsaturated/α-hetero) is 1. The molecule has 0 spiro atoms. The predicted molar refractivity (Wildman–Crippen MR) is 149 cm³/mol. The molecule has 0 saturated carbocycles. The Morgan fingerprint density at radius 2 is 1.68 bits per heavy atom. The van der Waals surface area contributed by atoms with Crippen LogP contribution in [0.15, 0.2) is 24.3 Å². The van der Waals surface area contributed by atoms with Crippen LogP contribution in [0.4, 0.5) is 13.2 Å². The summed E-state index contributed by atoms with van der Waals surface area (Å²) in [5.41, 5.74) is 7.69. The molecule has 13 heteroatoms. The Balaban J connectivity index is 0.000000745. The van der Waals surface area contributed by atoms with Crippen molar-refractivity contribution in [1.29, 1.82) is 0 Å². The van der Waals surface area contributed by atoms with Gasteiger partial charge in [0, 0.05) is 35.6 Å². The van der Waals surface area contributed by atoms with E-state index in [-0.39, 0.29) is 24.6 Å². The van der Waals surface area contributed by atoms with Gasteiger partial charge in [0.1, 0.15) is 17.9 Å². The van der Waals surface area contributed by atoms with Crippen molar-refractivity contribution in [1.82, 2.24) is 0 Å². The molecule has 0 radical (unpaired) electrons. The second-order valence-corrected chi connectivity index (χ2v) is 12.8. The highest BCUT2D eigenvalue weighted by atomic mass is 35.5. The van der Waals surface area contributed by atoms with E-state index >= 15 is 0 Å². The Morgan fingerprint density at radius 3 is 2.20 bits per heavy atom. The number of nitrogens with two attached hydrogens (primary N) is 1. The number of fused-ring (bicyclic) bond motifs is 1. The van der Waals surface area contributed by atoms with E-state index in [0.717, 1.165) is 57.8 Å². The first kappa shape index (κ1) is 34.2. The molecule has 0 aliphatic carbocycles. The van der Waals surface area contributed by atoms with E-state index in [9.17, 15) is 27.6 Å². The molecule has 8 nitrogen and oxygen atoms in total. The SMILES string of the molecule is CC(C)(C)OC(=O)CCC[N+]1(C)CCc2c(sc(CC(=O)Cc3ccc(Cl)cc3)c2C(N)=O)C1.O=C(O)C(F)(F)F. The molecule has 1 amide bonds. The molecule has 1 atom stereocenters. The topological polar surface area (TPSA) is 124 Å². The number of amides is 1. The van der Waals surface area contributed by atoms with Crippen LogP contribution < -0.4 is 5.73 Å². The standard InChI is InChI=1S/C26H33ClN2O4S.C2HF3O2/c1-26(2,3)33-23(31)6-5-12-29(4)13-11-20-22(16-29)34-21(24(20)25(28)32)15-19(30)14-17-7-9-18(27)10-8-17;3-2(4,5)1(6)7/h7-10H,5-6,11-16H2,1-4H3,(H-,28,32);(H,6,7)/p+1. The molecule has 0 saturated heterocycles. The lowest BCUT2D eigenvalue weighted by atomic mass is 9.97. The van der Waals surface area contributed by atoms with Crippen LogP contribution in [0.2, 0.25) is 5.02 Å². The number of hydrogen-bond acceptors (Lipinski definition) is 6. The number of aliphatic carboxylic acids is 1. The fourth-order valence-electron chi connectivity index (χ4n) is 4.44. The summed E-state index contributed by atoms with van der Waals surface area (Å²) in [6, 6.07) is 7.22. The number of carboxylic acid groups (broad SMARTS) is 1. The quantitative estimate of drug-likeness (QED) is 0.297. The number of carbonyl (C=O) groups excluding carboxylic acids is 3. The van der Waals surface area contributed by atoms with Crippen LogP contribution >= 0.6 is 22.9 Å². The van der Waals surface area contributed by atoms with Crippen molar-refractivity contribution in [3.8, 4) is 0 Å². The van der Waals surface area contributed by atoms with Crippen molar-refractivity contribution < 1.29 is 46.7 Å². The molecule has 3 rings (SSSR count). The van der Waals surface area contributed by atoms with E-state index in [1.165, 1.54) is 11.3 Å². The normalized spacial score (nSPS) is 16.7. The number of carbonyl (C=O) groups is 4. The number of ether oxygens (including phenoxy) is 1. The van der Waals surface area contributed by atoms with Gasteiger partial charge in [-0.2, -0.15) is 13.2 Å². The van der Waals surface area contributed by atoms with E-state index in [1.54, 1.807) is 12.1 Å². The van der Waals surface area contributed by atoms with Crippen LogP contribution in [0, 0.1) is 0 Å². The zero-order valence-electron chi connectivity index (χ0n) is 23.4. The molecule has 1 aliphatic rings. The summed E-state index contributed by atoms with van der Waals surface area (Å²) in [5, 5.41) is 7.76. The number of esters is 1. The number of benzene rings is 1. The number of hydrogen-bond donors (Lipinski definition) is 2. The van der Waals surface area contributed by atoms with Gasteiger partial charge in [-0.05, 0) is 44.0 Å². The van der Waals surface area contributed by atoms with Crippen LogP contribution in [-0.2, 0) is 44.9 Å². The van der Waals surface area contributed by atoms with E-state index in [1.807, 2.05) is 32.9 Å². The maximum absolute atomic E-state index is 12.8. The maximum atomic E-state index is 12.8. The number of rotatable bonds is 9. The van der Waals surface area contributed by atoms with Gasteiger partial charge in [0.05, 0.1) is 37.0 Å². The smallest absolute Gasteiger partial charge is 0.475 e. The highest BCUT2D eigenvalue weighted by Crippen LogP contribution is 2.36. The summed E-state index contributed by atoms with van der Waals surface area (Å²) in [4.78, 5) is 47.9. The molecule has 1 aromatic carbocycles. The minimum absolute atomic E-state index is 0.0398. The lowest BCUT2D eigenvalue weighted by Crippen LogP contribution is -2.48. The van der Waals surface area contributed by atoms with E-state index in [2.05, 4.69) is 7.05 Å². The second kappa shape index (κ2) is 13.8. The Hall–Kier alpha value is -2.96. The zero-order chi connectivity index (χ0) is 31.2. The van der Waals surface area contributed by atoms with Gasteiger partial charge in [-0.1, -0.05) is 23.7 Å². The van der Waals surface area contributed by atoms with Gasteiger partial charge in [0.15, 0.2) is 0 Å². The first-order valence-electron chi connectivity index (χ1n) is 12.8. The molecular formula is C28H35ClF3N2O6S+. The van der Waals surface area contributed by atoms with Crippen molar-refractivity contribution in [2.24, 2.45) is 5.73 Å². The van der Waals surface area contributed by atoms with Crippen molar-refractivity contribution in [2.45, 2.75) is 71.2 Å². The third-order valence-corrected chi connectivity index (χ3v) is 7.72. The average Bonchev–Trinajstić information content (AvgIpc) is 3.15. The number of ketones is 1. The Labute approximate surface area is 245 Å². The summed E-state index contributed by atoms with van der Waals surface area (Å²) in [7, 11) is 2.17. The molecule has 3 N–H and O–H groups in total. The molecule has 226 valence electrons. The van der Waals surface area contributed by atoms with Gasteiger partial charge in [-0.3, -0.25) is 14.4 Å². The summed E-state index contributed by atoms with van der Waals surface area (Å²) in [6.07, 6.45) is -2.74. The number of halogens is 4. The van der Waals surface area contributed by atoms with Crippen LogP contribution in [0.1, 0.15) is 64.9 Å². The third kappa shape index (κ3) is 11.1. The van der Waals surface area contributed by atoms with Gasteiger partial charge in [0.25, 0.3) is 0 Å². The lowest BCUT2D eigenvalue weighted by Gasteiger charge is -2.37. The largest absolute Gasteiger partial charge is 0.490 e. The minimum Gasteiger partial charge on any atom is -0.475 e.